The van der Waals surface area contributed by atoms with Gasteiger partial charge in [-0.2, -0.15) is 0 Å². The van der Waals surface area contributed by atoms with Crippen molar-refractivity contribution in [2.45, 2.75) is 76.3 Å². The van der Waals surface area contributed by atoms with Crippen LogP contribution in [-0.4, -0.2) is 85.9 Å². The maximum atomic E-state index is 13.4. The van der Waals surface area contributed by atoms with Crippen LogP contribution < -0.4 is 47.6 Å². The average Bonchev–Trinajstić information content (AvgIpc) is 3.29. The number of carbonyl (C=O) groups excluding carboxylic acids is 1. The minimum absolute atomic E-state index is 0. The van der Waals surface area contributed by atoms with Gasteiger partial charge in [0.2, 0.25) is 0 Å². The molecule has 0 heterocycles. The molecule has 0 saturated heterocycles. The number of esters is 1. The quantitative estimate of drug-likeness (QED) is 0.0509. The second kappa shape index (κ2) is 25.3. The van der Waals surface area contributed by atoms with Crippen LogP contribution in [0.2, 0.25) is 0 Å². The fraction of sp³-hybridized carbons (Fsp3) is 0.283. The summed E-state index contributed by atoms with van der Waals surface area (Å²) in [5.41, 5.74) is 4.73. The van der Waals surface area contributed by atoms with Crippen molar-refractivity contribution in [3.8, 4) is 36.2 Å². The Morgan fingerprint density at radius 1 is 0.606 bits per heavy atom. The molecule has 0 radical (unpaired) electrons. The molecule has 0 spiro atoms. The fourth-order valence-corrected chi connectivity index (χ4v) is 11.6. The van der Waals surface area contributed by atoms with Crippen molar-refractivity contribution in [1.82, 2.24) is 0 Å². The summed E-state index contributed by atoms with van der Waals surface area (Å²) in [4.78, 5) is 27.4. The number of anilines is 4. The van der Waals surface area contributed by atoms with Crippen molar-refractivity contribution < 1.29 is 70.1 Å². The summed E-state index contributed by atoms with van der Waals surface area (Å²) >= 11 is 0. The number of terminal acetylenes is 2. The molecule has 18 heteroatoms. The van der Waals surface area contributed by atoms with E-state index in [1.54, 1.807) is 84.2 Å². The summed E-state index contributed by atoms with van der Waals surface area (Å²) < 4.78 is 74.5. The second-order valence-corrected chi connectivity index (χ2v) is 19.7. The Labute approximate surface area is 429 Å². The van der Waals surface area contributed by atoms with Crippen molar-refractivity contribution in [2.24, 2.45) is 0 Å². The predicted octanol–water partition coefficient (Wildman–Crippen LogP) is 6.05. The topological polar surface area (TPSA) is 211 Å². The summed E-state index contributed by atoms with van der Waals surface area (Å²) in [6.07, 6.45) is 11.3. The third-order valence-electron chi connectivity index (χ3n) is 11.5. The monoisotopic (exact) mass is 998 g/mol. The van der Waals surface area contributed by atoms with E-state index in [0.717, 1.165) is 22.1 Å². The minimum Gasteiger partial charge on any atom is -0.870 e. The van der Waals surface area contributed by atoms with Crippen LogP contribution in [0.3, 0.4) is 0 Å². The van der Waals surface area contributed by atoms with Crippen LogP contribution in [0, 0.1) is 52.4 Å². The number of carboxylic acid groups (broad SMARTS) is 1. The molecule has 0 bridgehead atoms. The number of benzene rings is 6. The molecule has 6 aromatic carbocycles. The third-order valence-corrected chi connectivity index (χ3v) is 14.9. The molecule has 0 amide bonds. The maximum absolute atomic E-state index is 13.4. The first-order valence-corrected chi connectivity index (χ1v) is 24.8. The number of nitrogens with one attached hydrogen (secondary N) is 2. The molecule has 6 rings (SSSR count). The third kappa shape index (κ3) is 13.7. The number of aryl methyl sites for hydroxylation is 4. The summed E-state index contributed by atoms with van der Waals surface area (Å²) in [5.74, 6) is 5.18. The number of hydrogen-bond donors (Lipinski definition) is 3. The van der Waals surface area contributed by atoms with Gasteiger partial charge in [0, 0.05) is 45.0 Å². The normalized spacial score (nSPS) is 11.7. The number of fused-ring (bicyclic) bond motifs is 2. The number of carbonyl (C=O) groups is 2. The van der Waals surface area contributed by atoms with E-state index in [4.69, 9.17) is 27.1 Å². The summed E-state index contributed by atoms with van der Waals surface area (Å²) in [5, 5.41) is 12.2. The van der Waals surface area contributed by atoms with E-state index in [9.17, 15) is 31.5 Å². The van der Waals surface area contributed by atoms with Crippen LogP contribution in [0.1, 0.15) is 48.9 Å². The summed E-state index contributed by atoms with van der Waals surface area (Å²) in [7, 11) is -3.35. The molecule has 0 aliphatic heterocycles. The van der Waals surface area contributed by atoms with Gasteiger partial charge in [-0.15, -0.1) is 12.8 Å². The van der Waals surface area contributed by atoms with Gasteiger partial charge in [-0.05, 0) is 112 Å². The molecule has 0 fully saturated rings. The number of rotatable bonds is 18. The molecule has 6 aromatic rings. The van der Waals surface area contributed by atoms with Crippen molar-refractivity contribution >= 4 is 76.3 Å². The van der Waals surface area contributed by atoms with Gasteiger partial charge >= 0.3 is 30.8 Å². The van der Waals surface area contributed by atoms with E-state index in [-0.39, 0.29) is 78.1 Å². The van der Waals surface area contributed by atoms with E-state index >= 15 is 0 Å². The van der Waals surface area contributed by atoms with Gasteiger partial charge in [0.25, 0.3) is 20.0 Å². The number of hydrogen-bond acceptors (Lipinski definition) is 12. The first-order chi connectivity index (χ1) is 32.7. The number of methoxy groups -OCH3 is 3. The first-order valence-electron chi connectivity index (χ1n) is 21.8. The maximum Gasteiger partial charge on any atom is 1.00 e. The van der Waals surface area contributed by atoms with E-state index in [1.165, 1.54) is 14.2 Å². The Bertz CT molecular complexity index is 3160. The number of sulfonamides is 2. The average molecular weight is 999 g/mol. The number of nitrogens with zero attached hydrogens (tertiary/aromatic N) is 2. The Balaban J connectivity index is 0.000000365. The summed E-state index contributed by atoms with van der Waals surface area (Å²) in [6, 6.07) is 28.0. The van der Waals surface area contributed by atoms with Crippen molar-refractivity contribution in [3.05, 3.63) is 119 Å². The Morgan fingerprint density at radius 3 is 1.25 bits per heavy atom. The number of ether oxygens (including phenoxy) is 3. The fourth-order valence-electron chi connectivity index (χ4n) is 8.49. The van der Waals surface area contributed by atoms with Crippen LogP contribution in [-0.2, 0) is 34.4 Å². The molecule has 71 heavy (non-hydrogen) atoms. The van der Waals surface area contributed by atoms with Crippen LogP contribution in [0.15, 0.2) is 107 Å². The molecule has 4 N–H and O–H groups in total. The Morgan fingerprint density at radius 2 is 0.944 bits per heavy atom. The molecule has 0 aliphatic rings. The number of carboxylic acids is 1. The molecular formula is C53H59LiN4O11S2. The van der Waals surface area contributed by atoms with E-state index in [0.29, 0.717) is 55.9 Å². The van der Waals surface area contributed by atoms with Crippen LogP contribution in [0.25, 0.3) is 21.5 Å². The zero-order chi connectivity index (χ0) is 50.8. The smallest absolute Gasteiger partial charge is 0.870 e. The molecule has 15 nitrogen and oxygen atoms in total. The number of aliphatic carboxylic acids is 1. The zero-order valence-corrected chi connectivity index (χ0v) is 43.3. The van der Waals surface area contributed by atoms with Gasteiger partial charge in [0.05, 0.1) is 68.4 Å². The Kier molecular flexibility index (Phi) is 20.9. The largest absolute Gasteiger partial charge is 1.00 e. The zero-order valence-electron chi connectivity index (χ0n) is 41.7. The van der Waals surface area contributed by atoms with Crippen LogP contribution in [0.4, 0.5) is 22.7 Å². The van der Waals surface area contributed by atoms with Crippen LogP contribution >= 0.6 is 0 Å². The van der Waals surface area contributed by atoms with Gasteiger partial charge in [-0.3, -0.25) is 19.0 Å². The minimum atomic E-state index is -3.90. The Hall–Kier alpha value is -6.84. The van der Waals surface area contributed by atoms with Crippen molar-refractivity contribution in [2.75, 3.05) is 53.7 Å². The van der Waals surface area contributed by atoms with Gasteiger partial charge < -0.3 is 34.6 Å². The molecule has 0 aromatic heterocycles. The summed E-state index contributed by atoms with van der Waals surface area (Å²) in [6.45, 7) is 11.1. The van der Waals surface area contributed by atoms with Gasteiger partial charge in [-0.25, -0.2) is 16.8 Å². The molecule has 0 aliphatic carbocycles. The van der Waals surface area contributed by atoms with Crippen molar-refractivity contribution in [1.29, 1.82) is 0 Å². The first kappa shape index (κ1) is 58.5. The molecular weight excluding hydrogens is 940 g/mol. The van der Waals surface area contributed by atoms with E-state index in [1.807, 2.05) is 71.3 Å². The van der Waals surface area contributed by atoms with Crippen molar-refractivity contribution in [3.63, 3.8) is 0 Å². The molecule has 0 saturated carbocycles. The van der Waals surface area contributed by atoms with Gasteiger partial charge in [0.1, 0.15) is 11.5 Å². The predicted molar refractivity (Wildman–Crippen MR) is 277 cm³/mol. The second-order valence-electron chi connectivity index (χ2n) is 16.5. The SMILES string of the molecule is C#CCN(c1ccc(NS(=O)(=O)c2c(C)cc(OC)cc2C)c2ccccc12)[C@@H](C)CC(=O)O.C#CCN(c1ccc(NS(=O)(=O)c2c(C)cc(OC)cc2C)c2ccccc12)[C@@H](C)CC(=O)OC.[Li+].[OH-]. The van der Waals surface area contributed by atoms with Gasteiger partial charge in [0.15, 0.2) is 0 Å². The standard InChI is InChI=1S/C27H30N2O5S.C26H28N2O5S.Li.H2O/c1-7-14-29(20(4)17-26(30)34-6)25-13-12-24(22-10-8-9-11-23(22)25)28-35(31,32)27-18(2)15-21(33-5)16-19(27)3;1-6-13-28(19(4)16-25(29)30)24-12-11-23(21-9-7-8-10-22(21)24)27-34(31,32)26-17(2)14-20(33-5)15-18(26)3;;/h1,8-13,15-16,20,28H,14,17H2,2-6H3;1,7-12,14-15,19,27H,13,16H2,2-5H3,(H,29,30);;1H2/q;;+1;/p-1/t20-;19-;;/m00../s1. The van der Waals surface area contributed by atoms with Crippen LogP contribution in [0.5, 0.6) is 11.5 Å². The van der Waals surface area contributed by atoms with E-state index < -0.39 is 26.0 Å². The molecule has 370 valence electrons. The molecule has 0 unspecified atom stereocenters. The van der Waals surface area contributed by atoms with E-state index in [2.05, 4.69) is 21.3 Å². The van der Waals surface area contributed by atoms with Gasteiger partial charge in [-0.1, -0.05) is 60.4 Å². The molecule has 2 atom stereocenters.